The predicted molar refractivity (Wildman–Crippen MR) is 106 cm³/mol. The van der Waals surface area contributed by atoms with Gasteiger partial charge in [-0.05, 0) is 31.4 Å². The quantitative estimate of drug-likeness (QED) is 0.868. The van der Waals surface area contributed by atoms with Gasteiger partial charge in [-0.3, -0.25) is 4.79 Å². The molecular weight excluding hydrogens is 338 g/mol. The normalized spacial score (nSPS) is 19.4. The van der Waals surface area contributed by atoms with Crippen LogP contribution in [0.5, 0.6) is 0 Å². The van der Waals surface area contributed by atoms with Crippen LogP contribution in [0.3, 0.4) is 0 Å². The maximum Gasteiger partial charge on any atom is 0.257 e. The van der Waals surface area contributed by atoms with Crippen LogP contribution in [0.4, 0.5) is 0 Å². The summed E-state index contributed by atoms with van der Waals surface area (Å²) < 4.78 is 1.93. The van der Waals surface area contributed by atoms with Crippen LogP contribution in [0.15, 0.2) is 36.5 Å². The highest BCUT2D eigenvalue weighted by molar-refractivity contribution is 5.95. The molecule has 0 unspecified atom stereocenters. The number of amides is 1. The van der Waals surface area contributed by atoms with E-state index >= 15 is 0 Å². The van der Waals surface area contributed by atoms with Crippen LogP contribution in [-0.2, 0) is 6.42 Å². The molecule has 6 heteroatoms. The van der Waals surface area contributed by atoms with Crippen molar-refractivity contribution in [2.75, 3.05) is 32.7 Å². The summed E-state index contributed by atoms with van der Waals surface area (Å²) in [5.74, 6) is 0.124. The van der Waals surface area contributed by atoms with Gasteiger partial charge in [0.2, 0.25) is 0 Å². The molecule has 3 heterocycles. The van der Waals surface area contributed by atoms with Crippen molar-refractivity contribution >= 4 is 5.91 Å². The van der Waals surface area contributed by atoms with E-state index in [1.165, 1.54) is 0 Å². The van der Waals surface area contributed by atoms with Gasteiger partial charge in [0.05, 0.1) is 23.1 Å². The molecule has 2 saturated heterocycles. The first kappa shape index (κ1) is 18.2. The summed E-state index contributed by atoms with van der Waals surface area (Å²) in [6, 6.07) is 10.1. The lowest BCUT2D eigenvalue weighted by Crippen LogP contribution is -2.63. The third-order valence-electron chi connectivity index (χ3n) is 5.86. The van der Waals surface area contributed by atoms with Crippen molar-refractivity contribution < 1.29 is 4.79 Å². The second-order valence-corrected chi connectivity index (χ2v) is 7.68. The highest BCUT2D eigenvalue weighted by Gasteiger charge is 2.37. The molecule has 1 aromatic carbocycles. The molecule has 0 saturated carbocycles. The molecule has 1 aromatic heterocycles. The molecule has 2 N–H and O–H groups in total. The molecule has 27 heavy (non-hydrogen) atoms. The van der Waals surface area contributed by atoms with Crippen molar-refractivity contribution in [3.05, 3.63) is 47.8 Å². The average molecular weight is 367 g/mol. The summed E-state index contributed by atoms with van der Waals surface area (Å²) >= 11 is 0. The number of benzene rings is 1. The molecule has 0 bridgehead atoms. The van der Waals surface area contributed by atoms with Crippen LogP contribution in [0.1, 0.15) is 42.2 Å². The lowest BCUT2D eigenvalue weighted by molar-refractivity contribution is 0.0623. The number of carbonyl (C=O) groups is 1. The molecule has 1 amide bonds. The monoisotopic (exact) mass is 367 g/mol. The zero-order valence-corrected chi connectivity index (χ0v) is 16.1. The first-order valence-electron chi connectivity index (χ1n) is 10.1. The minimum atomic E-state index is 0.124. The SMILES string of the molecule is CCCc1c(C(=O)N2CCC3(CC2)CNCCN3)cnn1-c1ccccc1. The molecule has 144 valence electrons. The maximum atomic E-state index is 13.2. The maximum absolute atomic E-state index is 13.2. The summed E-state index contributed by atoms with van der Waals surface area (Å²) in [7, 11) is 0. The number of likely N-dealkylation sites (tertiary alicyclic amines) is 1. The second-order valence-electron chi connectivity index (χ2n) is 7.68. The Morgan fingerprint density at radius 1 is 1.19 bits per heavy atom. The molecule has 0 aliphatic carbocycles. The molecule has 0 radical (unpaired) electrons. The smallest absolute Gasteiger partial charge is 0.257 e. The molecular formula is C21H29N5O. The Morgan fingerprint density at radius 2 is 1.96 bits per heavy atom. The molecule has 4 rings (SSSR count). The molecule has 2 aliphatic rings. The Morgan fingerprint density at radius 3 is 2.63 bits per heavy atom. The summed E-state index contributed by atoms with van der Waals surface area (Å²) in [5, 5.41) is 11.7. The summed E-state index contributed by atoms with van der Waals surface area (Å²) in [6.45, 7) is 6.79. The third-order valence-corrected chi connectivity index (χ3v) is 5.86. The predicted octanol–water partition coefficient (Wildman–Crippen LogP) is 1.99. The number of hydrogen-bond acceptors (Lipinski definition) is 4. The van der Waals surface area contributed by atoms with Gasteiger partial charge in [-0.15, -0.1) is 0 Å². The Hall–Kier alpha value is -2.18. The molecule has 1 spiro atoms. The van der Waals surface area contributed by atoms with Gasteiger partial charge in [0, 0.05) is 38.3 Å². The largest absolute Gasteiger partial charge is 0.338 e. The van der Waals surface area contributed by atoms with E-state index < -0.39 is 0 Å². The Labute approximate surface area is 160 Å². The summed E-state index contributed by atoms with van der Waals surface area (Å²) in [6.07, 6.45) is 5.59. The number of rotatable bonds is 4. The van der Waals surface area contributed by atoms with Crippen molar-refractivity contribution in [3.63, 3.8) is 0 Å². The highest BCUT2D eigenvalue weighted by Crippen LogP contribution is 2.25. The lowest BCUT2D eigenvalue weighted by atomic mass is 9.86. The van der Waals surface area contributed by atoms with E-state index in [-0.39, 0.29) is 11.4 Å². The van der Waals surface area contributed by atoms with Crippen molar-refractivity contribution in [1.82, 2.24) is 25.3 Å². The number of aromatic nitrogens is 2. The number of piperazine rings is 1. The highest BCUT2D eigenvalue weighted by atomic mass is 16.2. The summed E-state index contributed by atoms with van der Waals surface area (Å²) in [4.78, 5) is 15.3. The van der Waals surface area contributed by atoms with Crippen LogP contribution < -0.4 is 10.6 Å². The van der Waals surface area contributed by atoms with Crippen LogP contribution in [0, 0.1) is 0 Å². The Kier molecular flexibility index (Phi) is 5.27. The summed E-state index contributed by atoms with van der Waals surface area (Å²) in [5.41, 5.74) is 2.95. The average Bonchev–Trinajstić information content (AvgIpc) is 3.13. The van der Waals surface area contributed by atoms with Crippen LogP contribution in [0.2, 0.25) is 0 Å². The first-order valence-corrected chi connectivity index (χ1v) is 10.1. The van der Waals surface area contributed by atoms with Crippen LogP contribution in [-0.4, -0.2) is 58.9 Å². The van der Waals surface area contributed by atoms with Gasteiger partial charge < -0.3 is 15.5 Å². The Balaban J connectivity index is 1.53. The van der Waals surface area contributed by atoms with E-state index in [4.69, 9.17) is 0 Å². The Bertz CT molecular complexity index is 769. The van der Waals surface area contributed by atoms with Gasteiger partial charge in [0.15, 0.2) is 0 Å². The minimum Gasteiger partial charge on any atom is -0.338 e. The van der Waals surface area contributed by atoms with Gasteiger partial charge in [-0.25, -0.2) is 4.68 Å². The molecule has 6 nitrogen and oxygen atoms in total. The van der Waals surface area contributed by atoms with E-state index in [9.17, 15) is 4.79 Å². The van der Waals surface area contributed by atoms with E-state index in [0.29, 0.717) is 0 Å². The molecule has 2 aliphatic heterocycles. The van der Waals surface area contributed by atoms with Gasteiger partial charge in [-0.2, -0.15) is 5.10 Å². The zero-order chi connectivity index (χ0) is 18.7. The van der Waals surface area contributed by atoms with Gasteiger partial charge in [0.1, 0.15) is 0 Å². The van der Waals surface area contributed by atoms with Crippen molar-refractivity contribution in [1.29, 1.82) is 0 Å². The number of para-hydroxylation sites is 1. The molecule has 2 fully saturated rings. The molecule has 2 aromatic rings. The van der Waals surface area contributed by atoms with Crippen molar-refractivity contribution in [3.8, 4) is 5.69 Å². The van der Waals surface area contributed by atoms with E-state index in [1.807, 2.05) is 39.9 Å². The fourth-order valence-electron chi connectivity index (χ4n) is 4.29. The van der Waals surface area contributed by atoms with Crippen LogP contribution >= 0.6 is 0 Å². The number of nitrogens with one attached hydrogen (secondary N) is 2. The zero-order valence-electron chi connectivity index (χ0n) is 16.1. The number of piperidine rings is 1. The fourth-order valence-corrected chi connectivity index (χ4v) is 4.29. The standard InChI is InChI=1S/C21H29N5O/c1-2-6-19-18(15-24-26(19)17-7-4-3-5-8-17)20(27)25-13-9-21(10-14-25)16-22-11-12-23-21/h3-5,7-8,15,22-23H,2,6,9-14,16H2,1H3. The lowest BCUT2D eigenvalue weighted by Gasteiger charge is -2.45. The minimum absolute atomic E-state index is 0.124. The topological polar surface area (TPSA) is 62.2 Å². The number of carbonyl (C=O) groups excluding carboxylic acids is 1. The van der Waals surface area contributed by atoms with E-state index in [1.54, 1.807) is 6.20 Å². The third kappa shape index (κ3) is 3.64. The molecule has 0 atom stereocenters. The second kappa shape index (κ2) is 7.82. The van der Waals surface area contributed by atoms with E-state index in [0.717, 1.165) is 75.4 Å². The number of hydrogen-bond donors (Lipinski definition) is 2. The van der Waals surface area contributed by atoms with Gasteiger partial charge in [-0.1, -0.05) is 31.5 Å². The first-order chi connectivity index (χ1) is 13.2. The van der Waals surface area contributed by atoms with Crippen molar-refractivity contribution in [2.24, 2.45) is 0 Å². The van der Waals surface area contributed by atoms with Gasteiger partial charge in [0.25, 0.3) is 5.91 Å². The van der Waals surface area contributed by atoms with E-state index in [2.05, 4.69) is 22.7 Å². The fraction of sp³-hybridized carbons (Fsp3) is 0.524. The van der Waals surface area contributed by atoms with Crippen molar-refractivity contribution in [2.45, 2.75) is 38.1 Å². The van der Waals surface area contributed by atoms with Gasteiger partial charge >= 0.3 is 0 Å². The van der Waals surface area contributed by atoms with Crippen LogP contribution in [0.25, 0.3) is 5.69 Å². The number of nitrogens with zero attached hydrogens (tertiary/aromatic N) is 3.